The number of carbonyl (C=O) groups excluding carboxylic acids is 4. The first-order valence-electron chi connectivity index (χ1n) is 8.90. The molecule has 0 bridgehead atoms. The van der Waals surface area contributed by atoms with Crippen LogP contribution in [0.3, 0.4) is 0 Å². The first-order valence-corrected chi connectivity index (χ1v) is 9.78. The van der Waals surface area contributed by atoms with Gasteiger partial charge < -0.3 is 10.1 Å². The summed E-state index contributed by atoms with van der Waals surface area (Å²) in [5.74, 6) is -2.41. The summed E-state index contributed by atoms with van der Waals surface area (Å²) in [6, 6.07) is 3.53. The van der Waals surface area contributed by atoms with E-state index in [0.717, 1.165) is 4.90 Å². The molecule has 9 heteroatoms. The molecule has 3 amide bonds. The molecule has 1 fully saturated rings. The predicted molar refractivity (Wildman–Crippen MR) is 99.9 cm³/mol. The SMILES string of the molecule is C[C@@H](OC(=O)CCN1C(=O)[C@H]2CC=CC[C@H]2C1=O)C(=O)Nc1sccc1C#N. The zero-order valence-corrected chi connectivity index (χ0v) is 16.0. The summed E-state index contributed by atoms with van der Waals surface area (Å²) in [6.07, 6.45) is 3.63. The monoisotopic (exact) mass is 401 g/mol. The standard InChI is InChI=1S/C19H19N3O5S/c1-11(16(24)21-17-12(10-20)7-9-28-17)27-15(23)6-8-22-18(25)13-4-2-3-5-14(13)19(22)26/h2-3,7,9,11,13-14H,4-6,8H2,1H3,(H,21,24)/t11-,13-,14+/m1/s1. The van der Waals surface area contributed by atoms with Crippen LogP contribution in [-0.2, 0) is 23.9 Å². The summed E-state index contributed by atoms with van der Waals surface area (Å²) in [6.45, 7) is 1.36. The highest BCUT2D eigenvalue weighted by molar-refractivity contribution is 7.14. The Balaban J connectivity index is 1.49. The van der Waals surface area contributed by atoms with E-state index in [1.165, 1.54) is 18.3 Å². The first kappa shape index (κ1) is 19.8. The molecule has 1 saturated heterocycles. The number of nitriles is 1. The molecule has 1 N–H and O–H groups in total. The third-order valence-electron chi connectivity index (χ3n) is 4.84. The number of amides is 3. The molecule has 0 aromatic carbocycles. The minimum absolute atomic E-state index is 0.0542. The van der Waals surface area contributed by atoms with Crippen LogP contribution in [0, 0.1) is 23.2 Å². The maximum atomic E-state index is 12.4. The second-order valence-electron chi connectivity index (χ2n) is 6.63. The largest absolute Gasteiger partial charge is 0.452 e. The van der Waals surface area contributed by atoms with Crippen LogP contribution in [0.5, 0.6) is 0 Å². The van der Waals surface area contributed by atoms with Gasteiger partial charge in [-0.15, -0.1) is 11.3 Å². The number of nitrogens with zero attached hydrogens (tertiary/aromatic N) is 2. The van der Waals surface area contributed by atoms with E-state index in [9.17, 15) is 19.2 Å². The van der Waals surface area contributed by atoms with Crippen LogP contribution < -0.4 is 5.32 Å². The molecule has 1 aliphatic heterocycles. The van der Waals surface area contributed by atoms with Crippen LogP contribution in [0.4, 0.5) is 5.00 Å². The number of fused-ring (bicyclic) bond motifs is 1. The molecule has 8 nitrogen and oxygen atoms in total. The van der Waals surface area contributed by atoms with Crippen molar-refractivity contribution in [2.45, 2.75) is 32.3 Å². The van der Waals surface area contributed by atoms with Crippen molar-refractivity contribution >= 4 is 40.0 Å². The minimum Gasteiger partial charge on any atom is -0.452 e. The van der Waals surface area contributed by atoms with E-state index >= 15 is 0 Å². The quantitative estimate of drug-likeness (QED) is 0.442. The van der Waals surface area contributed by atoms with Gasteiger partial charge >= 0.3 is 5.97 Å². The highest BCUT2D eigenvalue weighted by Gasteiger charge is 2.47. The second-order valence-corrected chi connectivity index (χ2v) is 7.55. The lowest BCUT2D eigenvalue weighted by Gasteiger charge is -2.16. The van der Waals surface area contributed by atoms with Gasteiger partial charge in [-0.25, -0.2) is 0 Å². The molecule has 2 aliphatic rings. The molecule has 146 valence electrons. The van der Waals surface area contributed by atoms with Crippen LogP contribution in [0.15, 0.2) is 23.6 Å². The number of hydrogen-bond acceptors (Lipinski definition) is 7. The summed E-state index contributed by atoms with van der Waals surface area (Å²) >= 11 is 1.19. The van der Waals surface area contributed by atoms with Crippen molar-refractivity contribution in [3.63, 3.8) is 0 Å². The molecule has 3 atom stereocenters. The van der Waals surface area contributed by atoms with Gasteiger partial charge in [0.15, 0.2) is 6.10 Å². The molecule has 1 aromatic heterocycles. The van der Waals surface area contributed by atoms with Gasteiger partial charge in [-0.3, -0.25) is 24.1 Å². The Hall–Kier alpha value is -2.99. The Labute approximate surface area is 165 Å². The normalized spacial score (nSPS) is 21.8. The number of rotatable bonds is 6. The topological polar surface area (TPSA) is 117 Å². The maximum Gasteiger partial charge on any atom is 0.308 e. The Bertz CT molecular complexity index is 858. The van der Waals surface area contributed by atoms with Gasteiger partial charge in [0.25, 0.3) is 5.91 Å². The molecule has 0 spiro atoms. The minimum atomic E-state index is -1.07. The Kier molecular flexibility index (Phi) is 5.90. The van der Waals surface area contributed by atoms with Crippen LogP contribution >= 0.6 is 11.3 Å². The lowest BCUT2D eigenvalue weighted by molar-refractivity contribution is -0.154. The Morgan fingerprint density at radius 1 is 1.32 bits per heavy atom. The van der Waals surface area contributed by atoms with E-state index in [4.69, 9.17) is 10.00 Å². The van der Waals surface area contributed by atoms with Gasteiger partial charge in [0.2, 0.25) is 11.8 Å². The van der Waals surface area contributed by atoms with Crippen molar-refractivity contribution in [2.75, 3.05) is 11.9 Å². The van der Waals surface area contributed by atoms with Crippen LogP contribution in [0.25, 0.3) is 0 Å². The van der Waals surface area contributed by atoms with Gasteiger partial charge in [0, 0.05) is 6.54 Å². The summed E-state index contributed by atoms with van der Waals surface area (Å²) in [7, 11) is 0. The summed E-state index contributed by atoms with van der Waals surface area (Å²) in [5.41, 5.74) is 0.332. The van der Waals surface area contributed by atoms with Crippen molar-refractivity contribution in [1.29, 1.82) is 5.26 Å². The van der Waals surface area contributed by atoms with E-state index in [0.29, 0.717) is 23.4 Å². The van der Waals surface area contributed by atoms with Crippen molar-refractivity contribution < 1.29 is 23.9 Å². The molecule has 0 saturated carbocycles. The lowest BCUT2D eigenvalue weighted by atomic mass is 9.85. The summed E-state index contributed by atoms with van der Waals surface area (Å²) < 4.78 is 5.09. The fourth-order valence-electron chi connectivity index (χ4n) is 3.31. The van der Waals surface area contributed by atoms with Crippen molar-refractivity contribution in [1.82, 2.24) is 4.90 Å². The fraction of sp³-hybridized carbons (Fsp3) is 0.421. The highest BCUT2D eigenvalue weighted by atomic mass is 32.1. The zero-order chi connectivity index (χ0) is 20.3. The van der Waals surface area contributed by atoms with E-state index < -0.39 is 18.0 Å². The number of carbonyl (C=O) groups is 4. The lowest BCUT2D eigenvalue weighted by Crippen LogP contribution is -2.35. The molecule has 3 rings (SSSR count). The van der Waals surface area contributed by atoms with Crippen LogP contribution in [0.1, 0.15) is 31.7 Å². The van der Waals surface area contributed by atoms with Crippen molar-refractivity contribution in [2.24, 2.45) is 11.8 Å². The third kappa shape index (κ3) is 3.97. The van der Waals surface area contributed by atoms with Gasteiger partial charge in [0.05, 0.1) is 23.8 Å². The number of hydrogen-bond donors (Lipinski definition) is 1. The number of esters is 1. The van der Waals surface area contributed by atoms with Crippen molar-refractivity contribution in [3.05, 3.63) is 29.2 Å². The molecule has 28 heavy (non-hydrogen) atoms. The number of likely N-dealkylation sites (tertiary alicyclic amines) is 1. The maximum absolute atomic E-state index is 12.4. The van der Waals surface area contributed by atoms with E-state index in [1.807, 2.05) is 18.2 Å². The van der Waals surface area contributed by atoms with Gasteiger partial charge in [-0.1, -0.05) is 12.2 Å². The molecular formula is C19H19N3O5S. The number of anilines is 1. The number of ether oxygens (including phenoxy) is 1. The summed E-state index contributed by atoms with van der Waals surface area (Å²) in [5, 5.41) is 13.6. The fourth-order valence-corrected chi connectivity index (χ4v) is 4.05. The van der Waals surface area contributed by atoms with Crippen molar-refractivity contribution in [3.8, 4) is 6.07 Å². The van der Waals surface area contributed by atoms with E-state index in [2.05, 4.69) is 5.32 Å². The summed E-state index contributed by atoms with van der Waals surface area (Å²) in [4.78, 5) is 50.0. The average Bonchev–Trinajstić information content (AvgIpc) is 3.23. The van der Waals surface area contributed by atoms with Crippen LogP contribution in [0.2, 0.25) is 0 Å². The number of nitrogens with one attached hydrogen (secondary N) is 1. The molecule has 0 radical (unpaired) electrons. The number of allylic oxidation sites excluding steroid dienone is 2. The second kappa shape index (κ2) is 8.35. The van der Waals surface area contributed by atoms with E-state index in [-0.39, 0.29) is 36.6 Å². The third-order valence-corrected chi connectivity index (χ3v) is 5.67. The van der Waals surface area contributed by atoms with Crippen LogP contribution in [-0.4, -0.2) is 41.2 Å². The number of thiophene rings is 1. The van der Waals surface area contributed by atoms with E-state index in [1.54, 1.807) is 11.4 Å². The smallest absolute Gasteiger partial charge is 0.308 e. The zero-order valence-electron chi connectivity index (χ0n) is 15.2. The van der Waals surface area contributed by atoms with Gasteiger partial charge in [0.1, 0.15) is 11.1 Å². The number of imide groups is 1. The molecule has 1 aromatic rings. The molecule has 2 heterocycles. The Morgan fingerprint density at radius 2 is 1.96 bits per heavy atom. The first-order chi connectivity index (χ1) is 13.4. The highest BCUT2D eigenvalue weighted by Crippen LogP contribution is 2.35. The predicted octanol–water partition coefficient (Wildman–Crippen LogP) is 1.83. The molecular weight excluding hydrogens is 382 g/mol. The average molecular weight is 401 g/mol. The molecule has 1 aliphatic carbocycles. The Morgan fingerprint density at radius 3 is 2.57 bits per heavy atom. The molecule has 0 unspecified atom stereocenters. The van der Waals surface area contributed by atoms with Gasteiger partial charge in [-0.05, 0) is 31.2 Å². The van der Waals surface area contributed by atoms with Gasteiger partial charge in [-0.2, -0.15) is 5.26 Å².